The van der Waals surface area contributed by atoms with Gasteiger partial charge in [-0.2, -0.15) is 0 Å². The zero-order valence-corrected chi connectivity index (χ0v) is 19.4. The summed E-state index contributed by atoms with van der Waals surface area (Å²) < 4.78 is 5.37. The number of methoxy groups -OCH3 is 1. The first-order valence-corrected chi connectivity index (χ1v) is 11.7. The van der Waals surface area contributed by atoms with Crippen molar-refractivity contribution < 1.29 is 4.74 Å². The molecule has 0 spiro atoms. The van der Waals surface area contributed by atoms with E-state index in [0.29, 0.717) is 0 Å². The summed E-state index contributed by atoms with van der Waals surface area (Å²) >= 11 is 5.99. The molecule has 4 aromatic rings. The van der Waals surface area contributed by atoms with Gasteiger partial charge in [0.15, 0.2) is 0 Å². The van der Waals surface area contributed by atoms with Crippen molar-refractivity contribution in [3.05, 3.63) is 118 Å². The number of rotatable bonds is 6. The summed E-state index contributed by atoms with van der Waals surface area (Å²) in [7, 11) is 1.70. The molecule has 2 nitrogen and oxygen atoms in total. The molecule has 0 atom stereocenters. The SMILES string of the molecule is COc1ccc(N(c2ccc(C=Cc3ccc(Cl)cc3)cc2)c2ccc3c(c2)CCC3)cc1. The number of hydrogen-bond donors (Lipinski definition) is 0. The number of halogens is 1. The first-order valence-electron chi connectivity index (χ1n) is 11.3. The van der Waals surface area contributed by atoms with Crippen molar-refractivity contribution in [2.75, 3.05) is 12.0 Å². The van der Waals surface area contributed by atoms with E-state index >= 15 is 0 Å². The van der Waals surface area contributed by atoms with E-state index in [4.69, 9.17) is 16.3 Å². The second-order valence-corrected chi connectivity index (χ2v) is 8.75. The fourth-order valence-electron chi connectivity index (χ4n) is 4.38. The first kappa shape index (κ1) is 21.4. The highest BCUT2D eigenvalue weighted by atomic mass is 35.5. The zero-order valence-electron chi connectivity index (χ0n) is 18.7. The second-order valence-electron chi connectivity index (χ2n) is 8.32. The minimum Gasteiger partial charge on any atom is -0.497 e. The fraction of sp³-hybridized carbons (Fsp3) is 0.133. The van der Waals surface area contributed by atoms with Crippen LogP contribution in [0.5, 0.6) is 5.75 Å². The first-order chi connectivity index (χ1) is 16.2. The van der Waals surface area contributed by atoms with Crippen molar-refractivity contribution in [1.29, 1.82) is 0 Å². The maximum atomic E-state index is 5.99. The molecule has 0 unspecified atom stereocenters. The molecule has 0 heterocycles. The van der Waals surface area contributed by atoms with E-state index in [1.54, 1.807) is 7.11 Å². The van der Waals surface area contributed by atoms with Gasteiger partial charge in [0.05, 0.1) is 7.11 Å². The molecule has 0 radical (unpaired) electrons. The van der Waals surface area contributed by atoms with E-state index in [0.717, 1.165) is 39.7 Å². The number of fused-ring (bicyclic) bond motifs is 1. The van der Waals surface area contributed by atoms with E-state index in [2.05, 4.69) is 71.6 Å². The predicted molar refractivity (Wildman–Crippen MR) is 140 cm³/mol. The summed E-state index contributed by atoms with van der Waals surface area (Å²) in [6, 6.07) is 31.7. The number of benzene rings is 4. The van der Waals surface area contributed by atoms with Gasteiger partial charge in [0, 0.05) is 22.1 Å². The van der Waals surface area contributed by atoms with Crippen molar-refractivity contribution >= 4 is 40.8 Å². The van der Waals surface area contributed by atoms with Crippen LogP contribution in [0.25, 0.3) is 12.2 Å². The molecule has 33 heavy (non-hydrogen) atoms. The number of hydrogen-bond acceptors (Lipinski definition) is 2. The topological polar surface area (TPSA) is 12.5 Å². The number of nitrogens with zero attached hydrogens (tertiary/aromatic N) is 1. The lowest BCUT2D eigenvalue weighted by molar-refractivity contribution is 0.415. The van der Waals surface area contributed by atoms with Gasteiger partial charge in [0.2, 0.25) is 0 Å². The van der Waals surface area contributed by atoms with Crippen molar-refractivity contribution in [2.45, 2.75) is 19.3 Å². The van der Waals surface area contributed by atoms with Crippen molar-refractivity contribution in [1.82, 2.24) is 0 Å². The van der Waals surface area contributed by atoms with Gasteiger partial charge in [0.1, 0.15) is 5.75 Å². The van der Waals surface area contributed by atoms with Gasteiger partial charge in [-0.1, -0.05) is 54.1 Å². The summed E-state index contributed by atoms with van der Waals surface area (Å²) in [5, 5.41) is 0.752. The Balaban J connectivity index is 1.47. The van der Waals surface area contributed by atoms with Crippen LogP contribution in [0.3, 0.4) is 0 Å². The Labute approximate surface area is 200 Å². The molecule has 0 N–H and O–H groups in total. The molecule has 0 fully saturated rings. The average Bonchev–Trinajstić information content (AvgIpc) is 3.33. The van der Waals surface area contributed by atoms with Gasteiger partial charge in [-0.05, 0) is 102 Å². The lowest BCUT2D eigenvalue weighted by Crippen LogP contribution is -2.10. The molecule has 4 aromatic carbocycles. The number of aryl methyl sites for hydroxylation is 2. The molecule has 0 aliphatic heterocycles. The Morgan fingerprint density at radius 2 is 1.21 bits per heavy atom. The van der Waals surface area contributed by atoms with Crippen LogP contribution in [0.1, 0.15) is 28.7 Å². The minimum atomic E-state index is 0.752. The van der Waals surface area contributed by atoms with Crippen LogP contribution >= 0.6 is 11.6 Å². The molecule has 0 saturated heterocycles. The van der Waals surface area contributed by atoms with Crippen LogP contribution in [-0.2, 0) is 12.8 Å². The number of anilines is 3. The van der Waals surface area contributed by atoms with E-state index in [1.165, 1.54) is 29.7 Å². The van der Waals surface area contributed by atoms with Crippen LogP contribution in [0.15, 0.2) is 91.0 Å². The number of ether oxygens (including phenoxy) is 1. The Morgan fingerprint density at radius 1 is 0.667 bits per heavy atom. The lowest BCUT2D eigenvalue weighted by atomic mass is 10.1. The summed E-state index contributed by atoms with van der Waals surface area (Å²) in [6.45, 7) is 0. The largest absolute Gasteiger partial charge is 0.497 e. The molecule has 0 saturated carbocycles. The maximum absolute atomic E-state index is 5.99. The highest BCUT2D eigenvalue weighted by Gasteiger charge is 2.17. The van der Waals surface area contributed by atoms with E-state index in [9.17, 15) is 0 Å². The molecule has 1 aliphatic carbocycles. The van der Waals surface area contributed by atoms with Gasteiger partial charge >= 0.3 is 0 Å². The van der Waals surface area contributed by atoms with Crippen molar-refractivity contribution in [2.24, 2.45) is 0 Å². The van der Waals surface area contributed by atoms with Gasteiger partial charge in [0.25, 0.3) is 0 Å². The highest BCUT2D eigenvalue weighted by Crippen LogP contribution is 2.37. The normalized spacial score (nSPS) is 12.7. The van der Waals surface area contributed by atoms with Crippen molar-refractivity contribution in [3.63, 3.8) is 0 Å². The standard InChI is InChI=1S/C30H26ClNO/c1-33-30-19-17-28(18-20-30)32(29-16-11-24-3-2-4-25(24)21-29)27-14-9-23(10-15-27)6-5-22-7-12-26(31)13-8-22/h5-21H,2-4H2,1H3. The third-order valence-corrected chi connectivity index (χ3v) is 6.41. The van der Waals surface area contributed by atoms with E-state index in [1.807, 2.05) is 36.4 Å². The monoisotopic (exact) mass is 451 g/mol. The molecule has 0 aromatic heterocycles. The van der Waals surface area contributed by atoms with Gasteiger partial charge in [-0.25, -0.2) is 0 Å². The third kappa shape index (κ3) is 4.81. The van der Waals surface area contributed by atoms with E-state index < -0.39 is 0 Å². The van der Waals surface area contributed by atoms with E-state index in [-0.39, 0.29) is 0 Å². The van der Waals surface area contributed by atoms with Crippen LogP contribution in [0.4, 0.5) is 17.1 Å². The minimum absolute atomic E-state index is 0.752. The van der Waals surface area contributed by atoms with Gasteiger partial charge < -0.3 is 9.64 Å². The van der Waals surface area contributed by atoms with Crippen LogP contribution in [0, 0.1) is 0 Å². The zero-order chi connectivity index (χ0) is 22.6. The third-order valence-electron chi connectivity index (χ3n) is 6.16. The van der Waals surface area contributed by atoms with Crippen LogP contribution < -0.4 is 9.64 Å². The summed E-state index contributed by atoms with van der Waals surface area (Å²) in [6.07, 6.45) is 7.82. The smallest absolute Gasteiger partial charge is 0.119 e. The van der Waals surface area contributed by atoms with Gasteiger partial charge in [-0.3, -0.25) is 0 Å². The molecule has 164 valence electrons. The Kier molecular flexibility index (Phi) is 6.19. The molecular weight excluding hydrogens is 426 g/mol. The van der Waals surface area contributed by atoms with Gasteiger partial charge in [-0.15, -0.1) is 0 Å². The Bertz CT molecular complexity index is 1260. The highest BCUT2D eigenvalue weighted by molar-refractivity contribution is 6.30. The Hall–Kier alpha value is -3.49. The average molecular weight is 452 g/mol. The predicted octanol–water partition coefficient (Wildman–Crippen LogP) is 8.48. The molecule has 0 amide bonds. The summed E-state index contributed by atoms with van der Waals surface area (Å²) in [5.41, 5.74) is 8.65. The summed E-state index contributed by atoms with van der Waals surface area (Å²) in [5.74, 6) is 0.857. The molecule has 5 rings (SSSR count). The second kappa shape index (κ2) is 9.56. The quantitative estimate of drug-likeness (QED) is 0.272. The maximum Gasteiger partial charge on any atom is 0.119 e. The molecular formula is C30H26ClNO. The Morgan fingerprint density at radius 3 is 1.85 bits per heavy atom. The van der Waals surface area contributed by atoms with Crippen molar-refractivity contribution in [3.8, 4) is 5.75 Å². The molecule has 3 heteroatoms. The molecule has 0 bridgehead atoms. The fourth-order valence-corrected chi connectivity index (χ4v) is 4.50. The summed E-state index contributed by atoms with van der Waals surface area (Å²) in [4.78, 5) is 2.31. The molecule has 1 aliphatic rings. The van der Waals surface area contributed by atoms with Crippen LogP contribution in [0.2, 0.25) is 5.02 Å². The van der Waals surface area contributed by atoms with Crippen LogP contribution in [-0.4, -0.2) is 7.11 Å². The lowest BCUT2D eigenvalue weighted by Gasteiger charge is -2.26.